The van der Waals surface area contributed by atoms with Gasteiger partial charge in [-0.3, -0.25) is 9.59 Å². The van der Waals surface area contributed by atoms with Crippen LogP contribution >= 0.6 is 11.6 Å². The number of hydrogen-bond acceptors (Lipinski definition) is 3. The maximum Gasteiger partial charge on any atom is 0.289 e. The average molecular weight is 449 g/mol. The maximum absolute atomic E-state index is 14.3. The van der Waals surface area contributed by atoms with Gasteiger partial charge in [-0.25, -0.2) is 4.39 Å². The second kappa shape index (κ2) is 10.0. The van der Waals surface area contributed by atoms with Crippen molar-refractivity contribution in [2.45, 2.75) is 82.4 Å². The quantitative estimate of drug-likeness (QED) is 0.530. The summed E-state index contributed by atoms with van der Waals surface area (Å²) < 4.78 is 20.3. The SMILES string of the molecule is O=C(CN1C(=O)/C(=C/c2c(F)cccc2Cl)OC2CCCCC21)NC1CCCCCC1. The van der Waals surface area contributed by atoms with E-state index < -0.39 is 5.82 Å². The fourth-order valence-electron chi connectivity index (χ4n) is 4.99. The van der Waals surface area contributed by atoms with Crippen molar-refractivity contribution in [1.82, 2.24) is 10.2 Å². The van der Waals surface area contributed by atoms with Crippen molar-refractivity contribution in [3.05, 3.63) is 40.4 Å². The molecule has 2 saturated carbocycles. The molecule has 4 rings (SSSR count). The second-order valence-corrected chi connectivity index (χ2v) is 9.25. The lowest BCUT2D eigenvalue weighted by Gasteiger charge is -2.44. The van der Waals surface area contributed by atoms with Gasteiger partial charge in [-0.2, -0.15) is 0 Å². The summed E-state index contributed by atoms with van der Waals surface area (Å²) in [5.74, 6) is -0.967. The number of amides is 2. The molecule has 1 aromatic rings. The fourth-order valence-corrected chi connectivity index (χ4v) is 5.21. The highest BCUT2D eigenvalue weighted by atomic mass is 35.5. The second-order valence-electron chi connectivity index (χ2n) is 8.84. The first-order valence-corrected chi connectivity index (χ1v) is 11.8. The van der Waals surface area contributed by atoms with Crippen LogP contribution in [0.25, 0.3) is 6.08 Å². The van der Waals surface area contributed by atoms with Gasteiger partial charge in [0.15, 0.2) is 5.76 Å². The fraction of sp³-hybridized carbons (Fsp3) is 0.583. The third kappa shape index (κ3) is 5.22. The highest BCUT2D eigenvalue weighted by molar-refractivity contribution is 6.32. The Balaban J connectivity index is 1.53. The van der Waals surface area contributed by atoms with Crippen molar-refractivity contribution in [2.75, 3.05) is 6.54 Å². The van der Waals surface area contributed by atoms with Gasteiger partial charge in [-0.15, -0.1) is 0 Å². The zero-order chi connectivity index (χ0) is 21.8. The van der Waals surface area contributed by atoms with Gasteiger partial charge in [-0.05, 0) is 50.3 Å². The minimum Gasteiger partial charge on any atom is -0.482 e. The zero-order valence-electron chi connectivity index (χ0n) is 17.7. The minimum atomic E-state index is -0.514. The third-order valence-electron chi connectivity index (χ3n) is 6.63. The Morgan fingerprint density at radius 1 is 1.13 bits per heavy atom. The lowest BCUT2D eigenvalue weighted by molar-refractivity contribution is -0.152. The number of carbonyl (C=O) groups excluding carboxylic acids is 2. The zero-order valence-corrected chi connectivity index (χ0v) is 18.5. The summed E-state index contributed by atoms with van der Waals surface area (Å²) in [6, 6.07) is 4.44. The van der Waals surface area contributed by atoms with E-state index in [4.69, 9.17) is 16.3 Å². The molecule has 1 N–H and O–H groups in total. The number of halogens is 2. The number of fused-ring (bicyclic) bond motifs is 1. The van der Waals surface area contributed by atoms with Crippen LogP contribution in [-0.4, -0.2) is 41.4 Å². The molecule has 0 aromatic heterocycles. The molecule has 0 spiro atoms. The van der Waals surface area contributed by atoms with Crippen molar-refractivity contribution in [3.63, 3.8) is 0 Å². The molecule has 1 aromatic carbocycles. The molecule has 3 aliphatic rings. The van der Waals surface area contributed by atoms with Gasteiger partial charge in [-0.1, -0.05) is 49.8 Å². The van der Waals surface area contributed by atoms with E-state index in [0.717, 1.165) is 51.4 Å². The molecule has 168 valence electrons. The van der Waals surface area contributed by atoms with Gasteiger partial charge in [0.25, 0.3) is 5.91 Å². The van der Waals surface area contributed by atoms with E-state index >= 15 is 0 Å². The number of carbonyl (C=O) groups is 2. The summed E-state index contributed by atoms with van der Waals surface area (Å²) in [5.41, 5.74) is 0.129. The molecule has 1 saturated heterocycles. The van der Waals surface area contributed by atoms with Gasteiger partial charge in [0.1, 0.15) is 18.5 Å². The molecule has 2 aliphatic carbocycles. The van der Waals surface area contributed by atoms with Gasteiger partial charge in [0.2, 0.25) is 5.91 Å². The van der Waals surface area contributed by atoms with Crippen molar-refractivity contribution in [2.24, 2.45) is 0 Å². The molecule has 7 heteroatoms. The molecule has 31 heavy (non-hydrogen) atoms. The van der Waals surface area contributed by atoms with Crippen LogP contribution in [0.2, 0.25) is 5.02 Å². The maximum atomic E-state index is 14.3. The first-order chi connectivity index (χ1) is 15.0. The molecule has 5 nitrogen and oxygen atoms in total. The van der Waals surface area contributed by atoms with Crippen LogP contribution in [0.1, 0.15) is 69.8 Å². The molecule has 1 heterocycles. The Morgan fingerprint density at radius 3 is 2.58 bits per heavy atom. The van der Waals surface area contributed by atoms with Crippen molar-refractivity contribution < 1.29 is 18.7 Å². The van der Waals surface area contributed by atoms with Gasteiger partial charge in [0, 0.05) is 11.6 Å². The third-order valence-corrected chi connectivity index (χ3v) is 6.96. The number of rotatable bonds is 4. The molecule has 2 atom stereocenters. The highest BCUT2D eigenvalue weighted by Crippen LogP contribution is 2.34. The molecule has 3 fully saturated rings. The van der Waals surface area contributed by atoms with E-state index in [1.165, 1.54) is 31.1 Å². The van der Waals surface area contributed by atoms with Crippen LogP contribution in [0.3, 0.4) is 0 Å². The minimum absolute atomic E-state index is 0.00219. The Kier molecular flexibility index (Phi) is 7.16. The van der Waals surface area contributed by atoms with Crippen molar-refractivity contribution in [3.8, 4) is 0 Å². The summed E-state index contributed by atoms with van der Waals surface area (Å²) >= 11 is 6.15. The van der Waals surface area contributed by atoms with E-state index in [0.29, 0.717) is 0 Å². The van der Waals surface area contributed by atoms with Crippen molar-refractivity contribution >= 4 is 29.5 Å². The van der Waals surface area contributed by atoms with Crippen LogP contribution in [0.15, 0.2) is 24.0 Å². The Morgan fingerprint density at radius 2 is 1.84 bits per heavy atom. The largest absolute Gasteiger partial charge is 0.482 e. The Hall–Kier alpha value is -2.08. The summed E-state index contributed by atoms with van der Waals surface area (Å²) in [4.78, 5) is 27.7. The standard InChI is InChI=1S/C24H30ClFN2O3/c25-18-10-7-11-19(26)17(18)14-22-24(30)28(20-12-5-6-13-21(20)31-22)15-23(29)27-16-8-3-1-2-4-9-16/h7,10-11,14,16,20-21H,1-6,8-9,12-13,15H2,(H,27,29)/b22-14-. The number of nitrogens with zero attached hydrogens (tertiary/aromatic N) is 1. The predicted molar refractivity (Wildman–Crippen MR) is 118 cm³/mol. The van der Waals surface area contributed by atoms with Gasteiger partial charge in [0.05, 0.1) is 11.1 Å². The average Bonchev–Trinajstić information content (AvgIpc) is 3.02. The molecular weight excluding hydrogens is 419 g/mol. The predicted octanol–water partition coefficient (Wildman–Crippen LogP) is 4.83. The normalized spacial score (nSPS) is 26.2. The van der Waals surface area contributed by atoms with E-state index in [2.05, 4.69) is 5.32 Å². The van der Waals surface area contributed by atoms with Gasteiger partial charge >= 0.3 is 0 Å². The van der Waals surface area contributed by atoms with E-state index in [-0.39, 0.29) is 52.9 Å². The first kappa shape index (κ1) is 22.1. The van der Waals surface area contributed by atoms with E-state index in [1.807, 2.05) is 0 Å². The topological polar surface area (TPSA) is 58.6 Å². The van der Waals surface area contributed by atoms with Crippen LogP contribution in [-0.2, 0) is 14.3 Å². The number of ether oxygens (including phenoxy) is 1. The molecule has 0 radical (unpaired) electrons. The number of hydrogen-bond donors (Lipinski definition) is 1. The smallest absolute Gasteiger partial charge is 0.289 e. The summed E-state index contributed by atoms with van der Waals surface area (Å²) in [6.07, 6.45) is 11.5. The van der Waals surface area contributed by atoms with E-state index in [9.17, 15) is 14.0 Å². The molecule has 0 bridgehead atoms. The van der Waals surface area contributed by atoms with Crippen LogP contribution < -0.4 is 5.32 Å². The highest BCUT2D eigenvalue weighted by Gasteiger charge is 2.42. The number of morpholine rings is 1. The Labute approximate surface area is 188 Å². The number of benzene rings is 1. The van der Waals surface area contributed by atoms with Crippen LogP contribution in [0.4, 0.5) is 4.39 Å². The summed E-state index contributed by atoms with van der Waals surface area (Å²) in [5, 5.41) is 3.35. The monoisotopic (exact) mass is 448 g/mol. The summed E-state index contributed by atoms with van der Waals surface area (Å²) in [7, 11) is 0. The molecule has 2 unspecified atom stereocenters. The Bertz CT molecular complexity index is 831. The van der Waals surface area contributed by atoms with E-state index in [1.54, 1.807) is 11.0 Å². The lowest BCUT2D eigenvalue weighted by Crippen LogP contribution is -2.57. The molecule has 2 amide bonds. The first-order valence-electron chi connectivity index (χ1n) is 11.5. The molecule has 1 aliphatic heterocycles. The van der Waals surface area contributed by atoms with Crippen LogP contribution in [0, 0.1) is 5.82 Å². The lowest BCUT2D eigenvalue weighted by atomic mass is 9.89. The molecular formula is C24H30ClFN2O3. The van der Waals surface area contributed by atoms with Crippen LogP contribution in [0.5, 0.6) is 0 Å². The van der Waals surface area contributed by atoms with Gasteiger partial charge < -0.3 is 15.0 Å². The van der Waals surface area contributed by atoms with Crippen molar-refractivity contribution in [1.29, 1.82) is 0 Å². The number of nitrogens with one attached hydrogen (secondary N) is 1. The summed E-state index contributed by atoms with van der Waals surface area (Å²) in [6.45, 7) is 0.00219.